The molecule has 4 nitrogen and oxygen atoms in total. The van der Waals surface area contributed by atoms with Gasteiger partial charge in [0.05, 0.1) is 13.5 Å². The third-order valence-electron chi connectivity index (χ3n) is 1.74. The van der Waals surface area contributed by atoms with Gasteiger partial charge in [0, 0.05) is 0 Å². The zero-order chi connectivity index (χ0) is 10.3. The molecule has 0 heterocycles. The van der Waals surface area contributed by atoms with Gasteiger partial charge in [-0.25, -0.2) is 0 Å². The van der Waals surface area contributed by atoms with Crippen LogP contribution in [0.25, 0.3) is 0 Å². The number of carbonyl (C=O) groups is 3. The topological polar surface area (TPSA) is 60.4 Å². The number of esters is 1. The fraction of sp³-hybridized carbons (Fsp3) is 0.667. The number of carbonyl (C=O) groups excluding carboxylic acids is 3. The molecule has 0 aliphatic carbocycles. The van der Waals surface area contributed by atoms with Gasteiger partial charge in [-0.3, -0.25) is 9.59 Å². The summed E-state index contributed by atoms with van der Waals surface area (Å²) >= 11 is 0. The lowest BCUT2D eigenvalue weighted by Gasteiger charge is -2.10. The molecule has 0 saturated heterocycles. The highest BCUT2D eigenvalue weighted by molar-refractivity contribution is 6.03. The Bertz CT molecular complexity index is 198. The molecular weight excluding hydrogens is 172 g/mol. The van der Waals surface area contributed by atoms with Crippen molar-refractivity contribution < 1.29 is 19.1 Å². The van der Waals surface area contributed by atoms with E-state index in [1.807, 2.05) is 6.92 Å². The number of aldehydes is 1. The molecule has 0 aliphatic rings. The first-order valence-electron chi connectivity index (χ1n) is 4.21. The van der Waals surface area contributed by atoms with E-state index in [4.69, 9.17) is 0 Å². The minimum atomic E-state index is -0.764. The minimum Gasteiger partial charge on any atom is -0.468 e. The lowest BCUT2D eigenvalue weighted by atomic mass is 9.97. The molecule has 0 amide bonds. The first-order valence-corrected chi connectivity index (χ1v) is 4.21. The molecule has 0 spiro atoms. The summed E-state index contributed by atoms with van der Waals surface area (Å²) in [5, 5.41) is 0. The summed E-state index contributed by atoms with van der Waals surface area (Å²) < 4.78 is 4.46. The Morgan fingerprint density at radius 2 is 2.08 bits per heavy atom. The van der Waals surface area contributed by atoms with E-state index in [1.54, 1.807) is 0 Å². The average molecular weight is 186 g/mol. The maximum absolute atomic E-state index is 11.2. The summed E-state index contributed by atoms with van der Waals surface area (Å²) in [5.74, 6) is -1.67. The van der Waals surface area contributed by atoms with Gasteiger partial charge in [-0.05, 0) is 6.42 Å². The van der Waals surface area contributed by atoms with Gasteiger partial charge in [-0.15, -0.1) is 0 Å². The zero-order valence-electron chi connectivity index (χ0n) is 7.91. The summed E-state index contributed by atoms with van der Waals surface area (Å²) in [6.45, 7) is 1.87. The Balaban J connectivity index is 4.30. The standard InChI is InChI=1S/C9H14O4/c1-3-4-7(9(12)13-2)8(11)5-6-10/h6-7H,3-5H2,1-2H3. The SMILES string of the molecule is CCCC(C(=O)CC=O)C(=O)OC. The van der Waals surface area contributed by atoms with Gasteiger partial charge in [0.15, 0.2) is 5.78 Å². The Hall–Kier alpha value is -1.19. The molecule has 0 aromatic heterocycles. The van der Waals surface area contributed by atoms with Crippen LogP contribution in [-0.2, 0) is 19.1 Å². The Labute approximate surface area is 77.3 Å². The molecule has 0 fully saturated rings. The van der Waals surface area contributed by atoms with Gasteiger partial charge in [-0.2, -0.15) is 0 Å². The van der Waals surface area contributed by atoms with E-state index in [1.165, 1.54) is 7.11 Å². The summed E-state index contributed by atoms with van der Waals surface area (Å²) in [7, 11) is 1.24. The summed E-state index contributed by atoms with van der Waals surface area (Å²) in [4.78, 5) is 32.3. The third-order valence-corrected chi connectivity index (χ3v) is 1.74. The highest BCUT2D eigenvalue weighted by Gasteiger charge is 2.25. The second kappa shape index (κ2) is 6.34. The first kappa shape index (κ1) is 11.8. The van der Waals surface area contributed by atoms with Crippen molar-refractivity contribution in [1.82, 2.24) is 0 Å². The maximum Gasteiger partial charge on any atom is 0.316 e. The molecule has 0 rings (SSSR count). The van der Waals surface area contributed by atoms with Crippen LogP contribution in [0.5, 0.6) is 0 Å². The van der Waals surface area contributed by atoms with Gasteiger partial charge < -0.3 is 9.53 Å². The van der Waals surface area contributed by atoms with E-state index >= 15 is 0 Å². The Morgan fingerprint density at radius 3 is 2.46 bits per heavy atom. The monoisotopic (exact) mass is 186 g/mol. The van der Waals surface area contributed by atoms with E-state index in [-0.39, 0.29) is 12.2 Å². The summed E-state index contributed by atoms with van der Waals surface area (Å²) in [6.07, 6.45) is 1.46. The maximum atomic E-state index is 11.2. The molecule has 0 aliphatic heterocycles. The number of methoxy groups -OCH3 is 1. The minimum absolute atomic E-state index is 0.209. The van der Waals surface area contributed by atoms with Crippen LogP contribution < -0.4 is 0 Å². The predicted octanol–water partition coefficient (Wildman–Crippen LogP) is 0.734. The van der Waals surface area contributed by atoms with Crippen LogP contribution in [0.2, 0.25) is 0 Å². The van der Waals surface area contributed by atoms with Crippen molar-refractivity contribution in [3.63, 3.8) is 0 Å². The molecule has 0 radical (unpaired) electrons. The smallest absolute Gasteiger partial charge is 0.316 e. The van der Waals surface area contributed by atoms with Crippen LogP contribution in [-0.4, -0.2) is 25.1 Å². The van der Waals surface area contributed by atoms with Gasteiger partial charge in [-0.1, -0.05) is 13.3 Å². The fourth-order valence-electron chi connectivity index (χ4n) is 1.07. The molecule has 0 aromatic carbocycles. The number of Topliss-reactive ketones (excluding diaryl/α,β-unsaturated/α-hetero) is 1. The van der Waals surface area contributed by atoms with E-state index in [9.17, 15) is 14.4 Å². The van der Waals surface area contributed by atoms with Crippen LogP contribution >= 0.6 is 0 Å². The quantitative estimate of drug-likeness (QED) is 0.348. The molecule has 1 atom stereocenters. The normalized spacial score (nSPS) is 11.8. The second-order valence-electron chi connectivity index (χ2n) is 2.70. The number of rotatable bonds is 6. The molecule has 0 bridgehead atoms. The van der Waals surface area contributed by atoms with Crippen molar-refractivity contribution in [3.8, 4) is 0 Å². The van der Waals surface area contributed by atoms with Crippen molar-refractivity contribution in [2.75, 3.05) is 7.11 Å². The Kier molecular flexibility index (Phi) is 5.76. The molecule has 4 heteroatoms. The molecule has 0 aromatic rings. The molecule has 0 N–H and O–H groups in total. The second-order valence-corrected chi connectivity index (χ2v) is 2.70. The predicted molar refractivity (Wildman–Crippen MR) is 46.1 cm³/mol. The van der Waals surface area contributed by atoms with Crippen molar-refractivity contribution in [3.05, 3.63) is 0 Å². The van der Waals surface area contributed by atoms with Crippen LogP contribution in [0.3, 0.4) is 0 Å². The third kappa shape index (κ3) is 3.83. The molecule has 13 heavy (non-hydrogen) atoms. The van der Waals surface area contributed by atoms with Crippen molar-refractivity contribution in [1.29, 1.82) is 0 Å². The van der Waals surface area contributed by atoms with Crippen LogP contribution in [0, 0.1) is 5.92 Å². The first-order chi connectivity index (χ1) is 6.17. The fourth-order valence-corrected chi connectivity index (χ4v) is 1.07. The van der Waals surface area contributed by atoms with E-state index < -0.39 is 11.9 Å². The van der Waals surface area contributed by atoms with Gasteiger partial charge in [0.25, 0.3) is 0 Å². The largest absolute Gasteiger partial charge is 0.468 e. The zero-order valence-corrected chi connectivity index (χ0v) is 7.91. The molecule has 0 saturated carbocycles. The van der Waals surface area contributed by atoms with Crippen LogP contribution in [0.15, 0.2) is 0 Å². The van der Waals surface area contributed by atoms with E-state index in [0.29, 0.717) is 19.1 Å². The van der Waals surface area contributed by atoms with E-state index in [2.05, 4.69) is 4.74 Å². The van der Waals surface area contributed by atoms with E-state index in [0.717, 1.165) is 0 Å². The number of hydrogen-bond acceptors (Lipinski definition) is 4. The van der Waals surface area contributed by atoms with Gasteiger partial charge in [0.2, 0.25) is 0 Å². The van der Waals surface area contributed by atoms with Crippen LogP contribution in [0.4, 0.5) is 0 Å². The van der Waals surface area contributed by atoms with Gasteiger partial charge in [0.1, 0.15) is 12.2 Å². The van der Waals surface area contributed by atoms with Crippen molar-refractivity contribution >= 4 is 18.0 Å². The lowest BCUT2D eigenvalue weighted by molar-refractivity contribution is -0.149. The average Bonchev–Trinajstić information content (AvgIpc) is 2.13. The van der Waals surface area contributed by atoms with Crippen molar-refractivity contribution in [2.45, 2.75) is 26.2 Å². The highest BCUT2D eigenvalue weighted by atomic mass is 16.5. The highest BCUT2D eigenvalue weighted by Crippen LogP contribution is 2.11. The number of ketones is 1. The molecule has 1 unspecified atom stereocenters. The molecule has 74 valence electrons. The summed E-state index contributed by atoms with van der Waals surface area (Å²) in [5.41, 5.74) is 0. The lowest BCUT2D eigenvalue weighted by Crippen LogP contribution is -2.25. The summed E-state index contributed by atoms with van der Waals surface area (Å²) in [6, 6.07) is 0. The van der Waals surface area contributed by atoms with Crippen LogP contribution in [0.1, 0.15) is 26.2 Å². The van der Waals surface area contributed by atoms with Gasteiger partial charge >= 0.3 is 5.97 Å². The Morgan fingerprint density at radius 1 is 1.46 bits per heavy atom. The molecular formula is C9H14O4. The number of hydrogen-bond donors (Lipinski definition) is 0. The van der Waals surface area contributed by atoms with Crippen molar-refractivity contribution in [2.24, 2.45) is 5.92 Å². The number of ether oxygens (including phenoxy) is 1.